The topological polar surface area (TPSA) is 90.7 Å². The number of guanidine groups is 1. The molecule has 0 aliphatic rings. The predicted molar refractivity (Wildman–Crippen MR) is 76.8 cm³/mol. The van der Waals surface area contributed by atoms with Crippen molar-refractivity contribution in [2.24, 2.45) is 0 Å². The zero-order valence-corrected chi connectivity index (χ0v) is 12.7. The maximum atomic E-state index is 11.0. The molecule has 1 aromatic rings. The van der Waals surface area contributed by atoms with Gasteiger partial charge >= 0.3 is 16.4 Å². The van der Waals surface area contributed by atoms with Crippen molar-refractivity contribution in [2.75, 3.05) is 12.4 Å². The van der Waals surface area contributed by atoms with Crippen molar-refractivity contribution in [1.29, 1.82) is 0 Å². The van der Waals surface area contributed by atoms with Gasteiger partial charge in [-0.2, -0.15) is 8.42 Å². The lowest BCUT2D eigenvalue weighted by Crippen LogP contribution is -2.46. The molecule has 7 nitrogen and oxygen atoms in total. The van der Waals surface area contributed by atoms with Gasteiger partial charge in [-0.25, -0.2) is 9.60 Å². The average molecular weight is 302 g/mol. The molecule has 1 aromatic carbocycles. The molecule has 0 aliphatic carbocycles. The zero-order valence-electron chi connectivity index (χ0n) is 11.9. The summed E-state index contributed by atoms with van der Waals surface area (Å²) in [6, 6.07) is 9.15. The molecule has 8 heteroatoms. The van der Waals surface area contributed by atoms with E-state index in [0.717, 1.165) is 10.4 Å². The Balaban J connectivity index is 3.22. The smallest absolute Gasteiger partial charge is 0.277 e. The molecule has 112 valence electrons. The molecule has 0 heterocycles. The SMILES string of the molecule is CN/C(Nc1ccccc1)=[N+](\OS(=O)(=O)O)C(C)(C)C. The van der Waals surface area contributed by atoms with Crippen molar-refractivity contribution in [3.05, 3.63) is 30.3 Å². The molecule has 0 radical (unpaired) electrons. The Morgan fingerprint density at radius 2 is 1.80 bits per heavy atom. The van der Waals surface area contributed by atoms with Gasteiger partial charge < -0.3 is 0 Å². The second-order valence-electron chi connectivity index (χ2n) is 5.06. The van der Waals surface area contributed by atoms with E-state index < -0.39 is 15.9 Å². The molecule has 0 fully saturated rings. The summed E-state index contributed by atoms with van der Waals surface area (Å²) >= 11 is 0. The summed E-state index contributed by atoms with van der Waals surface area (Å²) < 4.78 is 36.5. The number of benzene rings is 1. The van der Waals surface area contributed by atoms with E-state index in [1.807, 2.05) is 30.3 Å². The summed E-state index contributed by atoms with van der Waals surface area (Å²) in [5.74, 6) is 0.279. The van der Waals surface area contributed by atoms with Gasteiger partial charge in [-0.05, 0) is 32.9 Å². The van der Waals surface area contributed by atoms with E-state index in [0.29, 0.717) is 0 Å². The number of hydrogen-bond acceptors (Lipinski definition) is 3. The molecule has 0 saturated carbocycles. The lowest BCUT2D eigenvalue weighted by Gasteiger charge is -2.22. The Kier molecular flexibility index (Phi) is 4.96. The Morgan fingerprint density at radius 3 is 2.20 bits per heavy atom. The summed E-state index contributed by atoms with van der Waals surface area (Å²) in [5.41, 5.74) is 0.0284. The minimum Gasteiger partial charge on any atom is -0.277 e. The van der Waals surface area contributed by atoms with Crippen LogP contribution in [0.15, 0.2) is 30.3 Å². The van der Waals surface area contributed by atoms with Crippen LogP contribution in [0.3, 0.4) is 0 Å². The molecule has 0 unspecified atom stereocenters. The van der Waals surface area contributed by atoms with Crippen molar-refractivity contribution in [1.82, 2.24) is 5.32 Å². The Hall–Kier alpha value is -1.80. The van der Waals surface area contributed by atoms with Gasteiger partial charge in [0.2, 0.25) is 0 Å². The number of para-hydroxylation sites is 1. The van der Waals surface area contributed by atoms with Crippen LogP contribution in [0.2, 0.25) is 0 Å². The van der Waals surface area contributed by atoms with Crippen LogP contribution in [0.4, 0.5) is 5.69 Å². The predicted octanol–water partition coefficient (Wildman–Crippen LogP) is 1.22. The third-order valence-corrected chi connectivity index (χ3v) is 2.59. The van der Waals surface area contributed by atoms with Crippen molar-refractivity contribution < 1.29 is 22.0 Å². The van der Waals surface area contributed by atoms with Crippen LogP contribution in [0.1, 0.15) is 20.8 Å². The Bertz CT molecular complexity index is 576. The van der Waals surface area contributed by atoms with Crippen LogP contribution < -0.4 is 10.6 Å². The van der Waals surface area contributed by atoms with Crippen LogP contribution in [0, 0.1) is 0 Å². The van der Waals surface area contributed by atoms with Crippen molar-refractivity contribution in [2.45, 2.75) is 26.3 Å². The fraction of sp³-hybridized carbons (Fsp3) is 0.417. The normalized spacial score (nSPS) is 13.4. The van der Waals surface area contributed by atoms with E-state index in [9.17, 15) is 8.42 Å². The third-order valence-electron chi connectivity index (χ3n) is 2.25. The van der Waals surface area contributed by atoms with Gasteiger partial charge in [0.1, 0.15) is 5.54 Å². The number of rotatable bonds is 3. The molecule has 0 aliphatic heterocycles. The second-order valence-corrected chi connectivity index (χ2v) is 6.06. The fourth-order valence-electron chi connectivity index (χ4n) is 1.45. The van der Waals surface area contributed by atoms with Crippen LogP contribution >= 0.6 is 0 Å². The minimum atomic E-state index is -4.63. The highest BCUT2D eigenvalue weighted by atomic mass is 32.3. The Labute approximate surface area is 119 Å². The first-order chi connectivity index (χ1) is 9.13. The highest BCUT2D eigenvalue weighted by Crippen LogP contribution is 2.12. The van der Waals surface area contributed by atoms with E-state index >= 15 is 0 Å². The molecule has 0 bridgehead atoms. The van der Waals surface area contributed by atoms with Gasteiger partial charge in [-0.15, -0.1) is 0 Å². The quantitative estimate of drug-likeness (QED) is 0.256. The molecular formula is C12H20N3O4S+. The van der Waals surface area contributed by atoms with Gasteiger partial charge in [-0.1, -0.05) is 22.9 Å². The highest BCUT2D eigenvalue weighted by Gasteiger charge is 2.30. The maximum absolute atomic E-state index is 11.0. The molecule has 0 saturated heterocycles. The first-order valence-corrected chi connectivity index (χ1v) is 7.34. The van der Waals surface area contributed by atoms with Crippen LogP contribution in [-0.2, 0) is 14.7 Å². The molecule has 1 rings (SSSR count). The molecular weight excluding hydrogens is 282 g/mol. The summed E-state index contributed by atoms with van der Waals surface area (Å²) in [5, 5.41) is 5.80. The molecule has 0 atom stereocenters. The lowest BCUT2D eigenvalue weighted by atomic mass is 10.1. The van der Waals surface area contributed by atoms with Crippen LogP contribution in [0.5, 0.6) is 0 Å². The van der Waals surface area contributed by atoms with Crippen LogP contribution in [-0.4, -0.2) is 36.3 Å². The standard InChI is InChI=1S/C12H19N3O4S/c1-12(2,3)15(19-20(16,17)18)11(13-4)14-10-8-6-5-7-9-10/h5-9H,1-4H3,(H2,13,14,16,17,18)/p+1. The van der Waals surface area contributed by atoms with E-state index in [2.05, 4.69) is 14.9 Å². The van der Waals surface area contributed by atoms with Gasteiger partial charge in [0.25, 0.3) is 0 Å². The van der Waals surface area contributed by atoms with Crippen molar-refractivity contribution >= 4 is 22.0 Å². The third kappa shape index (κ3) is 5.06. The van der Waals surface area contributed by atoms with E-state index in [1.54, 1.807) is 27.8 Å². The highest BCUT2D eigenvalue weighted by molar-refractivity contribution is 7.80. The molecule has 20 heavy (non-hydrogen) atoms. The number of anilines is 1. The molecule has 0 spiro atoms. The van der Waals surface area contributed by atoms with Gasteiger partial charge in [0.05, 0.1) is 12.7 Å². The fourth-order valence-corrected chi connectivity index (χ4v) is 1.94. The lowest BCUT2D eigenvalue weighted by molar-refractivity contribution is -0.794. The first-order valence-electron chi connectivity index (χ1n) is 5.97. The molecule has 0 amide bonds. The average Bonchev–Trinajstić information content (AvgIpc) is 2.32. The Morgan fingerprint density at radius 1 is 1.25 bits per heavy atom. The monoisotopic (exact) mass is 302 g/mol. The van der Waals surface area contributed by atoms with Gasteiger partial charge in [0, 0.05) is 0 Å². The molecule has 3 N–H and O–H groups in total. The minimum absolute atomic E-state index is 0.279. The second kappa shape index (κ2) is 6.10. The number of nitrogens with zero attached hydrogens (tertiary/aromatic N) is 1. The number of hydrogen-bond donors (Lipinski definition) is 3. The summed E-state index contributed by atoms with van der Waals surface area (Å²) in [6.45, 7) is 5.21. The van der Waals surface area contributed by atoms with Crippen molar-refractivity contribution in [3.8, 4) is 0 Å². The van der Waals surface area contributed by atoms with E-state index in [1.165, 1.54) is 0 Å². The summed E-state index contributed by atoms with van der Waals surface area (Å²) in [4.78, 5) is 0. The number of hydroxylamine groups is 1. The summed E-state index contributed by atoms with van der Waals surface area (Å²) in [6.07, 6.45) is 0. The van der Waals surface area contributed by atoms with Crippen LogP contribution in [0.25, 0.3) is 0 Å². The van der Waals surface area contributed by atoms with E-state index in [-0.39, 0.29) is 5.96 Å². The summed E-state index contributed by atoms with van der Waals surface area (Å²) in [7, 11) is -3.02. The largest absolute Gasteiger partial charge is 0.476 e. The zero-order chi connectivity index (χ0) is 15.4. The van der Waals surface area contributed by atoms with Gasteiger partial charge in [0.15, 0.2) is 0 Å². The van der Waals surface area contributed by atoms with Crippen molar-refractivity contribution in [3.63, 3.8) is 0 Å². The first kappa shape index (κ1) is 16.3. The maximum Gasteiger partial charge on any atom is 0.476 e. The van der Waals surface area contributed by atoms with Gasteiger partial charge in [-0.3, -0.25) is 9.87 Å². The number of nitrogens with one attached hydrogen (secondary N) is 2. The van der Waals surface area contributed by atoms with E-state index in [4.69, 9.17) is 4.55 Å². The molecule has 0 aromatic heterocycles.